The molecule has 1 aliphatic heterocycles. The molecular weight excluding hydrogens is 297 g/mol. The number of carboxylic acid groups (broad SMARTS) is 1. The van der Waals surface area contributed by atoms with Gasteiger partial charge in [-0.1, -0.05) is 6.07 Å². The highest BCUT2D eigenvalue weighted by molar-refractivity contribution is 5.92. The third-order valence-electron chi connectivity index (χ3n) is 3.76. The minimum atomic E-state index is -1.04. The maximum atomic E-state index is 13.7. The van der Waals surface area contributed by atoms with Crippen LogP contribution >= 0.6 is 0 Å². The van der Waals surface area contributed by atoms with Gasteiger partial charge < -0.3 is 9.84 Å². The summed E-state index contributed by atoms with van der Waals surface area (Å²) in [5.41, 5.74) is 2.92. The Morgan fingerprint density at radius 3 is 2.74 bits per heavy atom. The molecule has 0 spiro atoms. The largest absolute Gasteiger partial charge is 0.488 e. The number of hydrogen-bond donors (Lipinski definition) is 1. The van der Waals surface area contributed by atoms with Crippen molar-refractivity contribution in [2.24, 2.45) is 0 Å². The molecule has 3 rings (SSSR count). The van der Waals surface area contributed by atoms with E-state index < -0.39 is 11.8 Å². The maximum Gasteiger partial charge on any atom is 0.335 e. The van der Waals surface area contributed by atoms with Gasteiger partial charge in [-0.2, -0.15) is 5.26 Å². The number of fused-ring (bicyclic) bond motifs is 2. The van der Waals surface area contributed by atoms with Crippen LogP contribution in [0.15, 0.2) is 42.0 Å². The number of nitriles is 1. The van der Waals surface area contributed by atoms with Crippen molar-refractivity contribution in [2.75, 3.05) is 0 Å². The molecule has 1 aliphatic rings. The summed E-state index contributed by atoms with van der Waals surface area (Å²) in [5, 5.41) is 18.4. The van der Waals surface area contributed by atoms with E-state index in [1.54, 1.807) is 13.0 Å². The summed E-state index contributed by atoms with van der Waals surface area (Å²) < 4.78 is 19.4. The van der Waals surface area contributed by atoms with Crippen LogP contribution in [0.1, 0.15) is 34.0 Å². The number of nitrogens with zero attached hydrogens (tertiary/aromatic N) is 1. The zero-order valence-electron chi connectivity index (χ0n) is 12.3. The highest BCUT2D eigenvalue weighted by atomic mass is 19.1. The lowest BCUT2D eigenvalue weighted by atomic mass is 9.90. The van der Waals surface area contributed by atoms with Crippen molar-refractivity contribution < 1.29 is 19.0 Å². The summed E-state index contributed by atoms with van der Waals surface area (Å²) >= 11 is 0. The Hall–Kier alpha value is -3.13. The predicted molar refractivity (Wildman–Crippen MR) is 81.4 cm³/mol. The first kappa shape index (κ1) is 14.8. The molecular formula is C18H12FNO3. The lowest BCUT2D eigenvalue weighted by Gasteiger charge is -2.11. The van der Waals surface area contributed by atoms with Crippen molar-refractivity contribution in [3.8, 4) is 11.8 Å². The zero-order valence-corrected chi connectivity index (χ0v) is 12.3. The van der Waals surface area contributed by atoms with Gasteiger partial charge in [-0.15, -0.1) is 0 Å². The van der Waals surface area contributed by atoms with Crippen LogP contribution in [0.4, 0.5) is 4.39 Å². The monoisotopic (exact) mass is 309 g/mol. The topological polar surface area (TPSA) is 70.3 Å². The van der Waals surface area contributed by atoms with E-state index in [1.165, 1.54) is 30.3 Å². The molecule has 1 heterocycles. The van der Waals surface area contributed by atoms with E-state index in [9.17, 15) is 14.4 Å². The number of hydrogen-bond acceptors (Lipinski definition) is 3. The van der Waals surface area contributed by atoms with E-state index in [-0.39, 0.29) is 12.2 Å². The predicted octanol–water partition coefficient (Wildman–Crippen LogP) is 3.76. The molecule has 1 N–H and O–H groups in total. The van der Waals surface area contributed by atoms with E-state index in [1.807, 2.05) is 0 Å². The zero-order chi connectivity index (χ0) is 16.6. The Balaban J connectivity index is 2.32. The van der Waals surface area contributed by atoms with Crippen molar-refractivity contribution in [3.63, 3.8) is 0 Å². The first-order valence-corrected chi connectivity index (χ1v) is 6.91. The molecule has 0 bridgehead atoms. The van der Waals surface area contributed by atoms with Gasteiger partial charge in [0, 0.05) is 16.7 Å². The first-order valence-electron chi connectivity index (χ1n) is 6.91. The number of halogens is 1. The lowest BCUT2D eigenvalue weighted by Crippen LogP contribution is -2.02. The van der Waals surface area contributed by atoms with Crippen LogP contribution in [0.25, 0.3) is 5.57 Å². The number of carbonyl (C=O) groups is 1. The molecule has 4 nitrogen and oxygen atoms in total. The van der Waals surface area contributed by atoms with Gasteiger partial charge in [-0.05, 0) is 48.4 Å². The van der Waals surface area contributed by atoms with Gasteiger partial charge in [0.2, 0.25) is 0 Å². The van der Waals surface area contributed by atoms with Crippen LogP contribution in [-0.2, 0) is 6.61 Å². The van der Waals surface area contributed by atoms with Crippen molar-refractivity contribution >= 4 is 11.5 Å². The molecule has 0 radical (unpaired) electrons. The number of benzene rings is 2. The summed E-state index contributed by atoms with van der Waals surface area (Å²) in [6, 6.07) is 10.8. The number of aromatic carboxylic acids is 1. The summed E-state index contributed by atoms with van der Waals surface area (Å²) in [6.45, 7) is 1.79. The molecule has 0 unspecified atom stereocenters. The third-order valence-corrected chi connectivity index (χ3v) is 3.76. The Morgan fingerprint density at radius 2 is 2.04 bits per heavy atom. The van der Waals surface area contributed by atoms with Crippen molar-refractivity contribution in [2.45, 2.75) is 13.5 Å². The summed E-state index contributed by atoms with van der Waals surface area (Å²) in [6.07, 6.45) is 0. The van der Waals surface area contributed by atoms with Crippen LogP contribution < -0.4 is 4.74 Å². The fraction of sp³-hybridized carbons (Fsp3) is 0.111. The summed E-state index contributed by atoms with van der Waals surface area (Å²) in [5.74, 6) is -1.01. The van der Waals surface area contributed by atoms with Crippen LogP contribution in [0.2, 0.25) is 0 Å². The quantitative estimate of drug-likeness (QED) is 0.814. The maximum absolute atomic E-state index is 13.7. The van der Waals surface area contributed by atoms with E-state index in [0.29, 0.717) is 33.6 Å². The highest BCUT2D eigenvalue weighted by Gasteiger charge is 2.23. The molecule has 2 aromatic carbocycles. The van der Waals surface area contributed by atoms with Crippen molar-refractivity contribution in [3.05, 3.63) is 70.0 Å². The van der Waals surface area contributed by atoms with Crippen molar-refractivity contribution in [1.82, 2.24) is 0 Å². The second-order valence-electron chi connectivity index (χ2n) is 5.22. The second kappa shape index (κ2) is 5.58. The van der Waals surface area contributed by atoms with Gasteiger partial charge in [0.1, 0.15) is 18.2 Å². The third kappa shape index (κ3) is 2.55. The number of allylic oxidation sites excluding steroid dienone is 1. The molecule has 5 heteroatoms. The molecule has 0 saturated carbocycles. The molecule has 2 aromatic rings. The average Bonchev–Trinajstić information content (AvgIpc) is 2.69. The first-order chi connectivity index (χ1) is 11.0. The Kier molecular flexibility index (Phi) is 3.59. The van der Waals surface area contributed by atoms with E-state index in [0.717, 1.165) is 0 Å². The number of ether oxygens (including phenoxy) is 1. The van der Waals surface area contributed by atoms with Crippen LogP contribution in [-0.4, -0.2) is 11.1 Å². The van der Waals surface area contributed by atoms with E-state index in [4.69, 9.17) is 9.84 Å². The number of carboxylic acids is 1. The molecule has 0 fully saturated rings. The molecule has 114 valence electrons. The van der Waals surface area contributed by atoms with Crippen LogP contribution in [0.3, 0.4) is 0 Å². The normalized spacial score (nSPS) is 14.7. The van der Waals surface area contributed by atoms with Crippen LogP contribution in [0, 0.1) is 17.1 Å². The molecule has 0 aliphatic carbocycles. The van der Waals surface area contributed by atoms with Gasteiger partial charge in [0.25, 0.3) is 0 Å². The summed E-state index contributed by atoms with van der Waals surface area (Å²) in [4.78, 5) is 11.2. The van der Waals surface area contributed by atoms with Crippen LogP contribution in [0.5, 0.6) is 5.75 Å². The minimum absolute atomic E-state index is 0.137. The minimum Gasteiger partial charge on any atom is -0.488 e. The van der Waals surface area contributed by atoms with Crippen molar-refractivity contribution in [1.29, 1.82) is 5.26 Å². The number of rotatable bonds is 1. The van der Waals surface area contributed by atoms with Gasteiger partial charge in [-0.3, -0.25) is 0 Å². The standard InChI is InChI=1S/C18H12FNO3/c1-10(8-20)17-14-4-2-11(18(21)22)6-12(14)9-23-16-5-3-13(19)7-15(16)17/h2-7H,9H2,1H3,(H,21,22). The smallest absolute Gasteiger partial charge is 0.335 e. The van der Waals surface area contributed by atoms with Gasteiger partial charge in [-0.25, -0.2) is 9.18 Å². The fourth-order valence-corrected chi connectivity index (χ4v) is 2.67. The average molecular weight is 309 g/mol. The Morgan fingerprint density at radius 1 is 1.26 bits per heavy atom. The molecule has 0 aromatic heterocycles. The molecule has 0 amide bonds. The molecule has 0 saturated heterocycles. The highest BCUT2D eigenvalue weighted by Crippen LogP contribution is 2.39. The van der Waals surface area contributed by atoms with Gasteiger partial charge >= 0.3 is 5.97 Å². The van der Waals surface area contributed by atoms with E-state index in [2.05, 4.69) is 6.07 Å². The SMILES string of the molecule is CC(C#N)=C1c2ccc(C(=O)O)cc2COc2ccc(F)cc21. The molecule has 0 atom stereocenters. The lowest BCUT2D eigenvalue weighted by molar-refractivity contribution is 0.0696. The Labute approximate surface area is 132 Å². The fourth-order valence-electron chi connectivity index (χ4n) is 2.67. The van der Waals surface area contributed by atoms with Gasteiger partial charge in [0.05, 0.1) is 11.6 Å². The summed E-state index contributed by atoms with van der Waals surface area (Å²) in [7, 11) is 0. The Bertz CT molecular complexity index is 894. The van der Waals surface area contributed by atoms with E-state index >= 15 is 0 Å². The second-order valence-corrected chi connectivity index (χ2v) is 5.22. The van der Waals surface area contributed by atoms with Gasteiger partial charge in [0.15, 0.2) is 0 Å². The molecule has 23 heavy (non-hydrogen) atoms.